The summed E-state index contributed by atoms with van der Waals surface area (Å²) in [6.07, 6.45) is 5.31. The van der Waals surface area contributed by atoms with Gasteiger partial charge >= 0.3 is 0 Å². The number of hydrogen-bond acceptors (Lipinski definition) is 5. The lowest BCUT2D eigenvalue weighted by Crippen LogP contribution is -2.42. The van der Waals surface area contributed by atoms with Gasteiger partial charge in [0.05, 0.1) is 5.69 Å². The first kappa shape index (κ1) is 20.6. The fourth-order valence-electron chi connectivity index (χ4n) is 2.77. The van der Waals surface area contributed by atoms with Gasteiger partial charge in [0.1, 0.15) is 0 Å². The Morgan fingerprint density at radius 1 is 1.30 bits per heavy atom. The number of likely N-dealkylation sites (tertiary alicyclic amines) is 1. The van der Waals surface area contributed by atoms with E-state index < -0.39 is 0 Å². The Bertz CT molecular complexity index is 488. The second-order valence-electron chi connectivity index (χ2n) is 6.23. The van der Waals surface area contributed by atoms with Gasteiger partial charge in [-0.25, -0.2) is 4.98 Å². The molecule has 3 rings (SSSR count). The fourth-order valence-corrected chi connectivity index (χ4v) is 3.51. The molecule has 2 heterocycles. The quantitative estimate of drug-likeness (QED) is 0.796. The number of anilines is 1. The first-order chi connectivity index (χ1) is 10.2. The van der Waals surface area contributed by atoms with E-state index in [0.29, 0.717) is 11.2 Å². The molecule has 1 aromatic rings. The van der Waals surface area contributed by atoms with Crippen molar-refractivity contribution in [1.29, 1.82) is 0 Å². The molecule has 1 aliphatic carbocycles. The first-order valence-corrected chi connectivity index (χ1v) is 8.75. The van der Waals surface area contributed by atoms with Crippen molar-refractivity contribution < 1.29 is 4.79 Å². The molecule has 1 saturated carbocycles. The lowest BCUT2D eigenvalue weighted by molar-refractivity contribution is -0.114. The summed E-state index contributed by atoms with van der Waals surface area (Å²) in [6.45, 7) is 5.90. The van der Waals surface area contributed by atoms with E-state index in [1.54, 1.807) is 0 Å². The molecule has 0 aromatic carbocycles. The van der Waals surface area contributed by atoms with Crippen LogP contribution >= 0.6 is 36.2 Å². The predicted octanol–water partition coefficient (Wildman–Crippen LogP) is 2.91. The largest absolute Gasteiger partial charge is 0.314 e. The molecule has 0 unspecified atom stereocenters. The highest BCUT2D eigenvalue weighted by molar-refractivity contribution is 7.13. The summed E-state index contributed by atoms with van der Waals surface area (Å²) in [7, 11) is 0. The van der Waals surface area contributed by atoms with Gasteiger partial charge in [-0.2, -0.15) is 0 Å². The van der Waals surface area contributed by atoms with Gasteiger partial charge in [-0.1, -0.05) is 0 Å². The van der Waals surface area contributed by atoms with Crippen molar-refractivity contribution in [2.45, 2.75) is 45.2 Å². The first-order valence-electron chi connectivity index (χ1n) is 7.87. The van der Waals surface area contributed by atoms with Crippen LogP contribution in [0.3, 0.4) is 0 Å². The second kappa shape index (κ2) is 9.79. The standard InChI is InChI=1S/C15H24N4OS.2ClH/c1-11(20)17-15-18-14(10-21-15)9-19-6-4-13(5-7-19)16-8-12-2-3-12;;/h10,12-13,16H,2-9H2,1H3,(H,17,18,20);2*1H. The Labute approximate surface area is 154 Å². The van der Waals surface area contributed by atoms with E-state index in [0.717, 1.165) is 31.2 Å². The molecule has 0 spiro atoms. The molecule has 8 heteroatoms. The normalized spacial score (nSPS) is 18.8. The number of carbonyl (C=O) groups excluding carboxylic acids is 1. The van der Waals surface area contributed by atoms with E-state index >= 15 is 0 Å². The second-order valence-corrected chi connectivity index (χ2v) is 7.09. The Morgan fingerprint density at radius 3 is 2.61 bits per heavy atom. The van der Waals surface area contributed by atoms with Crippen LogP contribution in [0.5, 0.6) is 0 Å². The van der Waals surface area contributed by atoms with Crippen LogP contribution in [0, 0.1) is 5.92 Å². The highest BCUT2D eigenvalue weighted by Crippen LogP contribution is 2.28. The van der Waals surface area contributed by atoms with E-state index in [9.17, 15) is 4.79 Å². The van der Waals surface area contributed by atoms with Gasteiger partial charge in [-0.3, -0.25) is 9.69 Å². The highest BCUT2D eigenvalue weighted by atomic mass is 35.5. The molecular weight excluding hydrogens is 355 g/mol. The molecule has 23 heavy (non-hydrogen) atoms. The molecule has 0 radical (unpaired) electrons. The topological polar surface area (TPSA) is 57.3 Å². The van der Waals surface area contributed by atoms with Crippen LogP contribution in [0.1, 0.15) is 38.3 Å². The third kappa shape index (κ3) is 6.93. The van der Waals surface area contributed by atoms with Gasteiger partial charge in [0.25, 0.3) is 0 Å². The summed E-state index contributed by atoms with van der Waals surface area (Å²) in [6, 6.07) is 0.701. The van der Waals surface area contributed by atoms with Crippen molar-refractivity contribution in [2.75, 3.05) is 25.0 Å². The molecule has 0 atom stereocenters. The number of thiazole rings is 1. The van der Waals surface area contributed by atoms with Crippen molar-refractivity contribution in [3.8, 4) is 0 Å². The highest BCUT2D eigenvalue weighted by Gasteiger charge is 2.24. The van der Waals surface area contributed by atoms with Gasteiger partial charge in [-0.05, 0) is 38.1 Å². The lowest BCUT2D eigenvalue weighted by Gasteiger charge is -2.32. The summed E-state index contributed by atoms with van der Waals surface area (Å²) in [5.74, 6) is 0.906. The summed E-state index contributed by atoms with van der Waals surface area (Å²) in [4.78, 5) is 17.9. The van der Waals surface area contributed by atoms with E-state index in [-0.39, 0.29) is 30.7 Å². The van der Waals surface area contributed by atoms with Crippen LogP contribution in [0.2, 0.25) is 0 Å². The zero-order chi connectivity index (χ0) is 14.7. The van der Waals surface area contributed by atoms with Crippen molar-refractivity contribution in [3.63, 3.8) is 0 Å². The number of aromatic nitrogens is 1. The molecule has 2 N–H and O–H groups in total. The molecule has 1 aliphatic heterocycles. The SMILES string of the molecule is CC(=O)Nc1nc(CN2CCC(NCC3CC3)CC2)cs1.Cl.Cl. The van der Waals surface area contributed by atoms with Crippen molar-refractivity contribution in [1.82, 2.24) is 15.2 Å². The van der Waals surface area contributed by atoms with Crippen LogP contribution in [0.15, 0.2) is 5.38 Å². The molecule has 2 aliphatic rings. The summed E-state index contributed by atoms with van der Waals surface area (Å²) in [5, 5.41) is 9.20. The molecular formula is C15H26Cl2N4OS. The number of nitrogens with zero attached hydrogens (tertiary/aromatic N) is 2. The number of carbonyl (C=O) groups is 1. The van der Waals surface area contributed by atoms with E-state index in [2.05, 4.69) is 20.5 Å². The fraction of sp³-hybridized carbons (Fsp3) is 0.733. The predicted molar refractivity (Wildman–Crippen MR) is 99.9 cm³/mol. The number of amides is 1. The molecule has 0 bridgehead atoms. The van der Waals surface area contributed by atoms with Crippen LogP contribution in [-0.4, -0.2) is 41.5 Å². The van der Waals surface area contributed by atoms with Gasteiger partial charge < -0.3 is 10.6 Å². The third-order valence-electron chi connectivity index (χ3n) is 4.20. The molecule has 1 amide bonds. The minimum atomic E-state index is -0.0570. The zero-order valence-electron chi connectivity index (χ0n) is 13.4. The third-order valence-corrected chi connectivity index (χ3v) is 5.01. The van der Waals surface area contributed by atoms with E-state index in [1.165, 1.54) is 50.5 Å². The van der Waals surface area contributed by atoms with Gasteiger partial charge in [0.2, 0.25) is 5.91 Å². The molecule has 132 valence electrons. The van der Waals surface area contributed by atoms with E-state index in [1.807, 2.05) is 5.38 Å². The average Bonchev–Trinajstić information content (AvgIpc) is 3.19. The number of rotatable bonds is 6. The number of halogens is 2. The maximum Gasteiger partial charge on any atom is 0.223 e. The van der Waals surface area contributed by atoms with Crippen LogP contribution in [-0.2, 0) is 11.3 Å². The Balaban J connectivity index is 0.00000132. The zero-order valence-corrected chi connectivity index (χ0v) is 15.9. The summed E-state index contributed by atoms with van der Waals surface area (Å²) in [5.41, 5.74) is 1.06. The van der Waals surface area contributed by atoms with Gasteiger partial charge in [0, 0.05) is 38.0 Å². The number of piperidine rings is 1. The average molecular weight is 381 g/mol. The van der Waals surface area contributed by atoms with Crippen LogP contribution in [0.25, 0.3) is 0 Å². The Morgan fingerprint density at radius 2 is 2.00 bits per heavy atom. The summed E-state index contributed by atoms with van der Waals surface area (Å²) >= 11 is 1.50. The van der Waals surface area contributed by atoms with Gasteiger partial charge in [-0.15, -0.1) is 36.2 Å². The Hall–Kier alpha value is -0.400. The monoisotopic (exact) mass is 380 g/mol. The smallest absolute Gasteiger partial charge is 0.223 e. The maximum absolute atomic E-state index is 11.0. The van der Waals surface area contributed by atoms with Crippen molar-refractivity contribution in [2.24, 2.45) is 5.92 Å². The lowest BCUT2D eigenvalue weighted by atomic mass is 10.0. The van der Waals surface area contributed by atoms with E-state index in [4.69, 9.17) is 0 Å². The summed E-state index contributed by atoms with van der Waals surface area (Å²) < 4.78 is 0. The molecule has 1 aromatic heterocycles. The number of hydrogen-bond donors (Lipinski definition) is 2. The van der Waals surface area contributed by atoms with Crippen LogP contribution < -0.4 is 10.6 Å². The minimum Gasteiger partial charge on any atom is -0.314 e. The van der Waals surface area contributed by atoms with Gasteiger partial charge in [0.15, 0.2) is 5.13 Å². The molecule has 2 fully saturated rings. The molecule has 5 nitrogen and oxygen atoms in total. The Kier molecular flexibility index (Phi) is 8.79. The van der Waals surface area contributed by atoms with Crippen LogP contribution in [0.4, 0.5) is 5.13 Å². The maximum atomic E-state index is 11.0. The van der Waals surface area contributed by atoms with Crippen molar-refractivity contribution in [3.05, 3.63) is 11.1 Å². The molecule has 1 saturated heterocycles. The minimum absolute atomic E-state index is 0. The number of nitrogens with one attached hydrogen (secondary N) is 2. The van der Waals surface area contributed by atoms with Crippen molar-refractivity contribution >= 4 is 47.2 Å².